The summed E-state index contributed by atoms with van der Waals surface area (Å²) in [6.07, 6.45) is 2.48. The summed E-state index contributed by atoms with van der Waals surface area (Å²) in [6.45, 7) is 0. The van der Waals surface area contributed by atoms with Crippen molar-refractivity contribution < 1.29 is 0 Å². The van der Waals surface area contributed by atoms with Gasteiger partial charge >= 0.3 is 0 Å². The monoisotopic (exact) mass is 181 g/mol. The number of rotatable bonds is 2. The van der Waals surface area contributed by atoms with E-state index in [-0.39, 0.29) is 0 Å². The van der Waals surface area contributed by atoms with Gasteiger partial charge in [-0.1, -0.05) is 12.2 Å². The standard InChI is InChI=1S/C8H11N3S/c1-9-6-4-7(12)11-8(10-6)5-2-3-5/h4-5H,2-3H2,1H3,(H2,9,10,11,12). The fraction of sp³-hybridized carbons (Fsp3) is 0.500. The number of H-pyrrole nitrogens is 1. The first kappa shape index (κ1) is 7.73. The molecule has 0 spiro atoms. The SMILES string of the molecule is CNc1cc(=S)nc(C2CC2)[nH]1. The van der Waals surface area contributed by atoms with E-state index in [2.05, 4.69) is 15.3 Å². The first-order valence-electron chi connectivity index (χ1n) is 4.08. The number of aromatic amines is 1. The first-order chi connectivity index (χ1) is 5.79. The highest BCUT2D eigenvalue weighted by Gasteiger charge is 2.25. The smallest absolute Gasteiger partial charge is 0.131 e. The molecule has 0 saturated heterocycles. The highest BCUT2D eigenvalue weighted by Crippen LogP contribution is 2.38. The lowest BCUT2D eigenvalue weighted by Crippen LogP contribution is -1.98. The van der Waals surface area contributed by atoms with Gasteiger partial charge in [-0.15, -0.1) is 0 Å². The molecule has 0 bridgehead atoms. The molecule has 4 heteroatoms. The van der Waals surface area contributed by atoms with E-state index in [4.69, 9.17) is 12.2 Å². The van der Waals surface area contributed by atoms with Gasteiger partial charge in [-0.25, -0.2) is 4.98 Å². The number of aromatic nitrogens is 2. The van der Waals surface area contributed by atoms with Crippen LogP contribution in [0.3, 0.4) is 0 Å². The van der Waals surface area contributed by atoms with Crippen LogP contribution < -0.4 is 5.32 Å². The average Bonchev–Trinajstić information content (AvgIpc) is 2.85. The number of nitrogens with zero attached hydrogens (tertiary/aromatic N) is 1. The van der Waals surface area contributed by atoms with E-state index < -0.39 is 0 Å². The highest BCUT2D eigenvalue weighted by molar-refractivity contribution is 7.71. The lowest BCUT2D eigenvalue weighted by atomic mass is 10.4. The molecule has 12 heavy (non-hydrogen) atoms. The number of hydrogen-bond acceptors (Lipinski definition) is 3. The third-order valence-electron chi connectivity index (χ3n) is 1.99. The molecule has 1 aromatic heterocycles. The quantitative estimate of drug-likeness (QED) is 0.686. The van der Waals surface area contributed by atoms with Crippen LogP contribution in [0.1, 0.15) is 24.6 Å². The molecule has 64 valence electrons. The Morgan fingerprint density at radius 1 is 1.67 bits per heavy atom. The molecule has 0 aromatic carbocycles. The van der Waals surface area contributed by atoms with Gasteiger partial charge < -0.3 is 10.3 Å². The summed E-state index contributed by atoms with van der Waals surface area (Å²) in [6, 6.07) is 1.83. The zero-order valence-corrected chi connectivity index (χ0v) is 7.74. The summed E-state index contributed by atoms with van der Waals surface area (Å²) in [7, 11) is 1.87. The summed E-state index contributed by atoms with van der Waals surface area (Å²) in [5.74, 6) is 2.61. The topological polar surface area (TPSA) is 40.7 Å². The van der Waals surface area contributed by atoms with Crippen LogP contribution in [-0.4, -0.2) is 17.0 Å². The van der Waals surface area contributed by atoms with Crippen LogP contribution in [0.5, 0.6) is 0 Å². The molecule has 1 saturated carbocycles. The predicted octanol–water partition coefficient (Wildman–Crippen LogP) is 2.06. The number of nitrogens with one attached hydrogen (secondary N) is 2. The van der Waals surface area contributed by atoms with Crippen molar-refractivity contribution in [2.45, 2.75) is 18.8 Å². The predicted molar refractivity (Wildman–Crippen MR) is 50.9 cm³/mol. The number of anilines is 1. The molecule has 3 nitrogen and oxygen atoms in total. The maximum atomic E-state index is 5.03. The molecule has 1 heterocycles. The normalized spacial score (nSPS) is 16.1. The minimum Gasteiger partial charge on any atom is -0.375 e. The van der Waals surface area contributed by atoms with Crippen LogP contribution in [0.4, 0.5) is 5.82 Å². The van der Waals surface area contributed by atoms with Crippen molar-refractivity contribution in [1.29, 1.82) is 0 Å². The van der Waals surface area contributed by atoms with Crippen molar-refractivity contribution in [2.24, 2.45) is 0 Å². The molecule has 1 fully saturated rings. The molecule has 0 aliphatic heterocycles. The Morgan fingerprint density at radius 3 is 3.00 bits per heavy atom. The van der Waals surface area contributed by atoms with Crippen molar-refractivity contribution in [1.82, 2.24) is 9.97 Å². The first-order valence-corrected chi connectivity index (χ1v) is 4.49. The van der Waals surface area contributed by atoms with Gasteiger partial charge in [0.2, 0.25) is 0 Å². The molecule has 1 aliphatic carbocycles. The summed E-state index contributed by atoms with van der Waals surface area (Å²) in [5, 5.41) is 3.03. The fourth-order valence-corrected chi connectivity index (χ4v) is 1.38. The van der Waals surface area contributed by atoms with Gasteiger partial charge in [0.25, 0.3) is 0 Å². The molecule has 2 N–H and O–H groups in total. The van der Waals surface area contributed by atoms with Gasteiger partial charge in [-0.2, -0.15) is 0 Å². The number of hydrogen-bond donors (Lipinski definition) is 2. The van der Waals surface area contributed by atoms with Crippen LogP contribution in [0, 0.1) is 4.64 Å². The van der Waals surface area contributed by atoms with Crippen molar-refractivity contribution in [3.8, 4) is 0 Å². The van der Waals surface area contributed by atoms with Crippen LogP contribution in [0.25, 0.3) is 0 Å². The van der Waals surface area contributed by atoms with Crippen molar-refractivity contribution in [2.75, 3.05) is 12.4 Å². The Kier molecular flexibility index (Phi) is 1.84. The van der Waals surface area contributed by atoms with E-state index in [0.29, 0.717) is 10.6 Å². The van der Waals surface area contributed by atoms with Crippen LogP contribution >= 0.6 is 12.2 Å². The van der Waals surface area contributed by atoms with E-state index in [0.717, 1.165) is 11.6 Å². The van der Waals surface area contributed by atoms with Gasteiger partial charge in [-0.3, -0.25) is 0 Å². The summed E-state index contributed by atoms with van der Waals surface area (Å²) in [4.78, 5) is 7.47. The largest absolute Gasteiger partial charge is 0.375 e. The average molecular weight is 181 g/mol. The van der Waals surface area contributed by atoms with E-state index in [9.17, 15) is 0 Å². The third-order valence-corrected chi connectivity index (χ3v) is 2.20. The van der Waals surface area contributed by atoms with Gasteiger partial charge in [0.1, 0.15) is 16.3 Å². The van der Waals surface area contributed by atoms with Crippen molar-refractivity contribution in [3.05, 3.63) is 16.5 Å². The van der Waals surface area contributed by atoms with Gasteiger partial charge in [0, 0.05) is 19.0 Å². The van der Waals surface area contributed by atoms with Gasteiger partial charge in [0.05, 0.1) is 0 Å². The van der Waals surface area contributed by atoms with E-state index in [1.807, 2.05) is 13.1 Å². The van der Waals surface area contributed by atoms with Crippen molar-refractivity contribution in [3.63, 3.8) is 0 Å². The molecule has 2 rings (SSSR count). The second kappa shape index (κ2) is 2.86. The van der Waals surface area contributed by atoms with E-state index in [1.54, 1.807) is 0 Å². The Morgan fingerprint density at radius 2 is 2.42 bits per heavy atom. The molecule has 1 aliphatic rings. The van der Waals surface area contributed by atoms with Crippen molar-refractivity contribution >= 4 is 18.0 Å². The maximum Gasteiger partial charge on any atom is 0.131 e. The summed E-state index contributed by atoms with van der Waals surface area (Å²) < 4.78 is 0.667. The maximum absolute atomic E-state index is 5.03. The Bertz CT molecular complexity index is 340. The van der Waals surface area contributed by atoms with Crippen LogP contribution in [-0.2, 0) is 0 Å². The zero-order valence-electron chi connectivity index (χ0n) is 6.92. The molecule has 0 amide bonds. The molecular weight excluding hydrogens is 170 g/mol. The second-order valence-electron chi connectivity index (χ2n) is 3.04. The molecule has 0 atom stereocenters. The summed E-state index contributed by atoms with van der Waals surface area (Å²) >= 11 is 5.03. The Hall–Kier alpha value is -0.900. The molecular formula is C8H11N3S. The van der Waals surface area contributed by atoms with E-state index >= 15 is 0 Å². The Balaban J connectivity index is 2.41. The molecule has 0 unspecified atom stereocenters. The van der Waals surface area contributed by atoms with Gasteiger partial charge in [0.15, 0.2) is 0 Å². The second-order valence-corrected chi connectivity index (χ2v) is 3.46. The van der Waals surface area contributed by atoms with Gasteiger partial charge in [-0.05, 0) is 12.8 Å². The lowest BCUT2D eigenvalue weighted by molar-refractivity contribution is 0.922. The highest BCUT2D eigenvalue weighted by atomic mass is 32.1. The van der Waals surface area contributed by atoms with E-state index in [1.165, 1.54) is 12.8 Å². The fourth-order valence-electron chi connectivity index (χ4n) is 1.16. The Labute approximate surface area is 76.2 Å². The minimum atomic E-state index is 0.625. The third kappa shape index (κ3) is 1.48. The zero-order chi connectivity index (χ0) is 8.55. The van der Waals surface area contributed by atoms with Crippen LogP contribution in [0.15, 0.2) is 6.07 Å². The van der Waals surface area contributed by atoms with Crippen LogP contribution in [0.2, 0.25) is 0 Å². The minimum absolute atomic E-state index is 0.625. The summed E-state index contributed by atoms with van der Waals surface area (Å²) in [5.41, 5.74) is 0. The molecule has 0 radical (unpaired) electrons. The molecule has 1 aromatic rings. The lowest BCUT2D eigenvalue weighted by Gasteiger charge is -2.02.